The summed E-state index contributed by atoms with van der Waals surface area (Å²) in [5.41, 5.74) is -0.663. The van der Waals surface area contributed by atoms with Gasteiger partial charge in [0.05, 0.1) is 13.2 Å². The maximum absolute atomic E-state index is 13.0. The number of imide groups is 1. The van der Waals surface area contributed by atoms with E-state index in [1.165, 1.54) is 4.90 Å². The molecule has 8 nitrogen and oxygen atoms in total. The third kappa shape index (κ3) is 4.84. The molecule has 0 unspecified atom stereocenters. The highest BCUT2D eigenvalue weighted by Gasteiger charge is 2.51. The number of rotatable bonds is 6. The third-order valence-corrected chi connectivity index (χ3v) is 6.40. The summed E-state index contributed by atoms with van der Waals surface area (Å²) in [6.45, 7) is 7.85. The Balaban J connectivity index is 1.47. The van der Waals surface area contributed by atoms with E-state index in [0.717, 1.165) is 71.1 Å². The van der Waals surface area contributed by atoms with Crippen LogP contribution in [0.4, 0.5) is 4.79 Å². The minimum atomic E-state index is -0.663. The van der Waals surface area contributed by atoms with Gasteiger partial charge in [-0.3, -0.25) is 19.4 Å². The summed E-state index contributed by atoms with van der Waals surface area (Å²) >= 11 is 0. The molecule has 3 aliphatic rings. The van der Waals surface area contributed by atoms with Gasteiger partial charge in [-0.2, -0.15) is 0 Å². The summed E-state index contributed by atoms with van der Waals surface area (Å²) in [4.78, 5) is 43.2. The molecule has 2 saturated heterocycles. The van der Waals surface area contributed by atoms with Crippen molar-refractivity contribution in [2.75, 3.05) is 39.4 Å². The van der Waals surface area contributed by atoms with Crippen LogP contribution in [-0.2, 0) is 9.59 Å². The second-order valence-corrected chi connectivity index (χ2v) is 8.57. The second-order valence-electron chi connectivity index (χ2n) is 8.57. The summed E-state index contributed by atoms with van der Waals surface area (Å²) in [5, 5.41) is 6.00. The van der Waals surface area contributed by atoms with Gasteiger partial charge in [0.1, 0.15) is 5.54 Å². The molecule has 28 heavy (non-hydrogen) atoms. The van der Waals surface area contributed by atoms with Crippen molar-refractivity contribution in [1.82, 2.24) is 25.3 Å². The van der Waals surface area contributed by atoms with Crippen LogP contribution in [0.25, 0.3) is 0 Å². The van der Waals surface area contributed by atoms with Crippen LogP contribution in [0.1, 0.15) is 58.8 Å². The molecule has 1 saturated carbocycles. The molecule has 0 aromatic carbocycles. The molecule has 0 aromatic rings. The van der Waals surface area contributed by atoms with Crippen LogP contribution in [0.3, 0.4) is 0 Å². The number of piperazine rings is 1. The van der Waals surface area contributed by atoms with Gasteiger partial charge in [-0.25, -0.2) is 9.69 Å². The monoisotopic (exact) mass is 393 g/mol. The number of hydrogen-bond donors (Lipinski definition) is 2. The molecule has 4 amide bonds. The zero-order valence-corrected chi connectivity index (χ0v) is 17.3. The predicted octanol–water partition coefficient (Wildman–Crippen LogP) is 1.12. The number of carbonyl (C=O) groups excluding carboxylic acids is 3. The smallest absolute Gasteiger partial charge is 0.326 e. The van der Waals surface area contributed by atoms with Gasteiger partial charge in [0, 0.05) is 32.2 Å². The van der Waals surface area contributed by atoms with Crippen molar-refractivity contribution in [2.45, 2.75) is 70.4 Å². The summed E-state index contributed by atoms with van der Waals surface area (Å²) in [6.07, 6.45) is 6.71. The topological polar surface area (TPSA) is 85.0 Å². The quantitative estimate of drug-likeness (QED) is 0.661. The van der Waals surface area contributed by atoms with Gasteiger partial charge in [-0.15, -0.1) is 0 Å². The number of hydrogen-bond acceptors (Lipinski definition) is 5. The summed E-state index contributed by atoms with van der Waals surface area (Å²) in [7, 11) is 0. The van der Waals surface area contributed by atoms with Crippen LogP contribution in [0, 0.1) is 0 Å². The lowest BCUT2D eigenvalue weighted by molar-refractivity contribution is -0.133. The van der Waals surface area contributed by atoms with Gasteiger partial charge in [-0.05, 0) is 26.2 Å². The predicted molar refractivity (Wildman–Crippen MR) is 107 cm³/mol. The highest BCUT2D eigenvalue weighted by Crippen LogP contribution is 2.32. The van der Waals surface area contributed by atoms with Gasteiger partial charge < -0.3 is 10.6 Å². The fourth-order valence-corrected chi connectivity index (χ4v) is 4.39. The number of nitrogens with zero attached hydrogens (tertiary/aromatic N) is 3. The van der Waals surface area contributed by atoms with Gasteiger partial charge in [0.2, 0.25) is 5.91 Å². The van der Waals surface area contributed by atoms with Gasteiger partial charge >= 0.3 is 6.03 Å². The molecule has 3 rings (SSSR count). The van der Waals surface area contributed by atoms with Gasteiger partial charge in [0.25, 0.3) is 5.91 Å². The number of urea groups is 1. The Bertz CT molecular complexity index is 580. The SMILES string of the molecule is CC[C@@H](C)NC(=O)CN1CCN(CN2C(=O)NC3(CCCCCC3)C2=O)CC1. The number of carbonyl (C=O) groups is 3. The lowest BCUT2D eigenvalue weighted by atomic mass is 9.90. The highest BCUT2D eigenvalue weighted by atomic mass is 16.2. The molecule has 158 valence electrons. The lowest BCUT2D eigenvalue weighted by Gasteiger charge is -2.36. The highest BCUT2D eigenvalue weighted by molar-refractivity contribution is 6.07. The summed E-state index contributed by atoms with van der Waals surface area (Å²) < 4.78 is 0. The van der Waals surface area contributed by atoms with Gasteiger partial charge in [-0.1, -0.05) is 32.6 Å². The van der Waals surface area contributed by atoms with Crippen molar-refractivity contribution in [3.8, 4) is 0 Å². The lowest BCUT2D eigenvalue weighted by Crippen LogP contribution is -2.53. The molecule has 1 aliphatic carbocycles. The van der Waals surface area contributed by atoms with Crippen molar-refractivity contribution in [3.05, 3.63) is 0 Å². The molecule has 0 radical (unpaired) electrons. The van der Waals surface area contributed by atoms with E-state index >= 15 is 0 Å². The largest absolute Gasteiger partial charge is 0.353 e. The minimum absolute atomic E-state index is 0.0465. The Morgan fingerprint density at radius 3 is 2.29 bits per heavy atom. The van der Waals surface area contributed by atoms with Gasteiger partial charge in [0.15, 0.2) is 0 Å². The first-order valence-corrected chi connectivity index (χ1v) is 10.8. The minimum Gasteiger partial charge on any atom is -0.353 e. The molecular formula is C20H35N5O3. The van der Waals surface area contributed by atoms with Crippen LogP contribution in [0.2, 0.25) is 0 Å². The van der Waals surface area contributed by atoms with Crippen LogP contribution in [0.15, 0.2) is 0 Å². The van der Waals surface area contributed by atoms with E-state index < -0.39 is 5.54 Å². The van der Waals surface area contributed by atoms with E-state index in [1.54, 1.807) is 0 Å². The molecule has 2 aliphatic heterocycles. The van der Waals surface area contributed by atoms with Crippen molar-refractivity contribution in [2.24, 2.45) is 0 Å². The zero-order chi connectivity index (χ0) is 20.1. The Morgan fingerprint density at radius 2 is 1.68 bits per heavy atom. The first-order chi connectivity index (χ1) is 13.4. The standard InChI is InChI=1S/C20H35N5O3/c1-3-16(2)21-17(26)14-23-10-12-24(13-11-23)15-25-18(27)20(22-19(25)28)8-6-4-5-7-9-20/h16H,3-15H2,1-2H3,(H,21,26)(H,22,28)/t16-/m1/s1. The number of nitrogens with one attached hydrogen (secondary N) is 2. The Labute approximate surface area is 168 Å². The van der Waals surface area contributed by atoms with E-state index in [-0.39, 0.29) is 23.9 Å². The summed E-state index contributed by atoms with van der Waals surface area (Å²) in [5.74, 6) is 0.0157. The van der Waals surface area contributed by atoms with Crippen molar-refractivity contribution < 1.29 is 14.4 Å². The van der Waals surface area contributed by atoms with E-state index in [9.17, 15) is 14.4 Å². The maximum atomic E-state index is 13.0. The molecule has 0 aromatic heterocycles. The third-order valence-electron chi connectivity index (χ3n) is 6.40. The Morgan fingerprint density at radius 1 is 1.07 bits per heavy atom. The maximum Gasteiger partial charge on any atom is 0.326 e. The average Bonchev–Trinajstić information content (AvgIpc) is 2.84. The Hall–Kier alpha value is -1.67. The Kier molecular flexibility index (Phi) is 6.93. The fourth-order valence-electron chi connectivity index (χ4n) is 4.39. The molecule has 2 heterocycles. The summed E-state index contributed by atoms with van der Waals surface area (Å²) in [6, 6.07) is -0.0490. The second kappa shape index (κ2) is 9.22. The molecule has 8 heteroatoms. The van der Waals surface area contributed by atoms with Crippen molar-refractivity contribution in [3.63, 3.8) is 0 Å². The number of amides is 4. The molecule has 1 spiro atoms. The molecule has 1 atom stereocenters. The van der Waals surface area contributed by atoms with E-state index in [0.29, 0.717) is 13.2 Å². The first-order valence-electron chi connectivity index (χ1n) is 10.8. The van der Waals surface area contributed by atoms with E-state index in [1.807, 2.05) is 6.92 Å². The van der Waals surface area contributed by atoms with Crippen LogP contribution < -0.4 is 10.6 Å². The van der Waals surface area contributed by atoms with E-state index in [2.05, 4.69) is 27.4 Å². The van der Waals surface area contributed by atoms with Crippen molar-refractivity contribution >= 4 is 17.8 Å². The van der Waals surface area contributed by atoms with Crippen LogP contribution in [-0.4, -0.2) is 83.5 Å². The van der Waals surface area contributed by atoms with E-state index in [4.69, 9.17) is 0 Å². The first kappa shape index (κ1) is 21.0. The normalized spacial score (nSPS) is 24.9. The zero-order valence-electron chi connectivity index (χ0n) is 17.3. The molecular weight excluding hydrogens is 358 g/mol. The fraction of sp³-hybridized carbons (Fsp3) is 0.850. The molecule has 3 fully saturated rings. The molecule has 0 bridgehead atoms. The average molecular weight is 394 g/mol. The van der Waals surface area contributed by atoms with Crippen LogP contribution in [0.5, 0.6) is 0 Å². The van der Waals surface area contributed by atoms with Crippen LogP contribution >= 0.6 is 0 Å². The molecule has 2 N–H and O–H groups in total. The van der Waals surface area contributed by atoms with Crippen molar-refractivity contribution in [1.29, 1.82) is 0 Å².